The number of para-hydroxylation sites is 1. The summed E-state index contributed by atoms with van der Waals surface area (Å²) < 4.78 is 10.5. The fraction of sp³-hybridized carbons (Fsp3) is 0.143. The van der Waals surface area contributed by atoms with Gasteiger partial charge in [-0.15, -0.1) is 0 Å². The molecule has 1 N–H and O–H groups in total. The van der Waals surface area contributed by atoms with Crippen LogP contribution in [0.1, 0.15) is 11.9 Å². The highest BCUT2D eigenvalue weighted by atomic mass is 16.6. The molecule has 20 heavy (non-hydrogen) atoms. The summed E-state index contributed by atoms with van der Waals surface area (Å²) in [6, 6.07) is 12.6. The molecule has 0 fully saturated rings. The van der Waals surface area contributed by atoms with Gasteiger partial charge in [0, 0.05) is 19.2 Å². The van der Waals surface area contributed by atoms with E-state index < -0.39 is 11.2 Å². The van der Waals surface area contributed by atoms with Crippen molar-refractivity contribution in [2.45, 2.75) is 6.29 Å². The molecule has 2 rings (SSSR count). The van der Waals surface area contributed by atoms with Crippen LogP contribution in [0.2, 0.25) is 0 Å². The van der Waals surface area contributed by atoms with E-state index in [-0.39, 0.29) is 5.69 Å². The van der Waals surface area contributed by atoms with Gasteiger partial charge in [0.25, 0.3) is 5.69 Å². The van der Waals surface area contributed by atoms with Gasteiger partial charge in [-0.05, 0) is 18.2 Å². The van der Waals surface area contributed by atoms with Crippen molar-refractivity contribution >= 4 is 5.69 Å². The average Bonchev–Trinajstić information content (AvgIpc) is 2.47. The number of methoxy groups -OCH3 is 1. The zero-order valence-electron chi connectivity index (χ0n) is 10.7. The Hall–Kier alpha value is -2.44. The molecule has 0 aliphatic rings. The van der Waals surface area contributed by atoms with Gasteiger partial charge in [0.15, 0.2) is 6.29 Å². The predicted molar refractivity (Wildman–Crippen MR) is 71.6 cm³/mol. The average molecular weight is 275 g/mol. The number of aliphatic hydroxyl groups excluding tert-OH is 1. The lowest BCUT2D eigenvalue weighted by Gasteiger charge is -2.14. The van der Waals surface area contributed by atoms with E-state index in [2.05, 4.69) is 0 Å². The maximum absolute atomic E-state index is 10.6. The van der Waals surface area contributed by atoms with Crippen molar-refractivity contribution in [1.29, 1.82) is 0 Å². The van der Waals surface area contributed by atoms with Gasteiger partial charge in [0.2, 0.25) is 0 Å². The second kappa shape index (κ2) is 6.14. The molecule has 0 saturated carbocycles. The van der Waals surface area contributed by atoms with Gasteiger partial charge in [-0.1, -0.05) is 18.2 Å². The molecule has 0 aromatic heterocycles. The Morgan fingerprint density at radius 2 is 1.80 bits per heavy atom. The highest BCUT2D eigenvalue weighted by Gasteiger charge is 2.13. The summed E-state index contributed by atoms with van der Waals surface area (Å²) in [5, 5.41) is 20.3. The van der Waals surface area contributed by atoms with E-state index >= 15 is 0 Å². The van der Waals surface area contributed by atoms with E-state index in [1.165, 1.54) is 31.4 Å². The summed E-state index contributed by atoms with van der Waals surface area (Å²) in [5.74, 6) is 0.863. The minimum atomic E-state index is -1.09. The van der Waals surface area contributed by atoms with Crippen LogP contribution in [0.3, 0.4) is 0 Å². The quantitative estimate of drug-likeness (QED) is 0.515. The Balaban J connectivity index is 2.23. The summed E-state index contributed by atoms with van der Waals surface area (Å²) in [4.78, 5) is 10.1. The molecular weight excluding hydrogens is 262 g/mol. The van der Waals surface area contributed by atoms with Crippen LogP contribution in [0.25, 0.3) is 0 Å². The molecular formula is C14H13NO5. The largest absolute Gasteiger partial charge is 0.457 e. The van der Waals surface area contributed by atoms with Crippen molar-refractivity contribution in [3.63, 3.8) is 0 Å². The fourth-order valence-corrected chi connectivity index (χ4v) is 1.67. The van der Waals surface area contributed by atoms with E-state index in [4.69, 9.17) is 9.47 Å². The van der Waals surface area contributed by atoms with Crippen LogP contribution in [0.4, 0.5) is 5.69 Å². The van der Waals surface area contributed by atoms with Crippen molar-refractivity contribution in [3.8, 4) is 11.5 Å². The minimum Gasteiger partial charge on any atom is -0.457 e. The second-order valence-electron chi connectivity index (χ2n) is 3.98. The first-order valence-corrected chi connectivity index (χ1v) is 5.84. The van der Waals surface area contributed by atoms with Gasteiger partial charge in [-0.3, -0.25) is 10.1 Å². The van der Waals surface area contributed by atoms with E-state index in [1.807, 2.05) is 0 Å². The Labute approximate surface area is 115 Å². The van der Waals surface area contributed by atoms with Gasteiger partial charge in [-0.25, -0.2) is 0 Å². The molecule has 0 aliphatic heterocycles. The SMILES string of the molecule is COC(O)c1ccccc1Oc1ccc([N+](=O)[O-])cc1. The van der Waals surface area contributed by atoms with E-state index in [9.17, 15) is 15.2 Å². The van der Waals surface area contributed by atoms with Crippen molar-refractivity contribution in [1.82, 2.24) is 0 Å². The monoisotopic (exact) mass is 275 g/mol. The van der Waals surface area contributed by atoms with Crippen LogP contribution in [0.5, 0.6) is 11.5 Å². The maximum Gasteiger partial charge on any atom is 0.269 e. The molecule has 1 atom stereocenters. The first kappa shape index (κ1) is 14.0. The third-order valence-corrected chi connectivity index (χ3v) is 2.68. The molecule has 0 heterocycles. The van der Waals surface area contributed by atoms with Crippen LogP contribution in [-0.2, 0) is 4.74 Å². The van der Waals surface area contributed by atoms with Gasteiger partial charge >= 0.3 is 0 Å². The molecule has 6 heteroatoms. The molecule has 0 aliphatic carbocycles. The smallest absolute Gasteiger partial charge is 0.269 e. The molecule has 0 bridgehead atoms. The molecule has 6 nitrogen and oxygen atoms in total. The summed E-state index contributed by atoms with van der Waals surface area (Å²) in [6.45, 7) is 0. The molecule has 0 spiro atoms. The third kappa shape index (κ3) is 3.11. The van der Waals surface area contributed by atoms with Crippen molar-refractivity contribution < 1.29 is 19.5 Å². The Morgan fingerprint density at radius 3 is 2.40 bits per heavy atom. The summed E-state index contributed by atoms with van der Waals surface area (Å²) in [5.41, 5.74) is 0.468. The van der Waals surface area contributed by atoms with Crippen molar-refractivity contribution in [3.05, 3.63) is 64.2 Å². The maximum atomic E-state index is 10.6. The fourth-order valence-electron chi connectivity index (χ4n) is 1.67. The number of aliphatic hydroxyl groups is 1. The number of ether oxygens (including phenoxy) is 2. The highest BCUT2D eigenvalue weighted by Crippen LogP contribution is 2.30. The van der Waals surface area contributed by atoms with E-state index in [0.29, 0.717) is 17.1 Å². The zero-order chi connectivity index (χ0) is 14.5. The summed E-state index contributed by atoms with van der Waals surface area (Å²) in [7, 11) is 1.38. The zero-order valence-corrected chi connectivity index (χ0v) is 10.7. The highest BCUT2D eigenvalue weighted by molar-refractivity contribution is 5.41. The molecule has 1 unspecified atom stereocenters. The van der Waals surface area contributed by atoms with Crippen LogP contribution in [0.15, 0.2) is 48.5 Å². The van der Waals surface area contributed by atoms with Gasteiger partial charge in [0.1, 0.15) is 11.5 Å². The number of nitro groups is 1. The molecule has 0 radical (unpaired) electrons. The van der Waals surface area contributed by atoms with Crippen molar-refractivity contribution in [2.75, 3.05) is 7.11 Å². The standard InChI is InChI=1S/C14H13NO5/c1-19-14(16)12-4-2-3-5-13(12)20-11-8-6-10(7-9-11)15(17)18/h2-9,14,16H,1H3. The second-order valence-corrected chi connectivity index (χ2v) is 3.98. The summed E-state index contributed by atoms with van der Waals surface area (Å²) in [6.07, 6.45) is -1.09. The number of nitro benzene ring substituents is 1. The molecule has 0 saturated heterocycles. The molecule has 0 amide bonds. The lowest BCUT2D eigenvalue weighted by Crippen LogP contribution is -2.01. The number of nitrogens with zero attached hydrogens (tertiary/aromatic N) is 1. The van der Waals surface area contributed by atoms with E-state index in [0.717, 1.165) is 0 Å². The lowest BCUT2D eigenvalue weighted by molar-refractivity contribution is -0.384. The number of rotatable bonds is 5. The Bertz CT molecular complexity index is 597. The Morgan fingerprint density at radius 1 is 1.15 bits per heavy atom. The minimum absolute atomic E-state index is 0.0115. The van der Waals surface area contributed by atoms with Crippen LogP contribution >= 0.6 is 0 Å². The number of benzene rings is 2. The lowest BCUT2D eigenvalue weighted by atomic mass is 10.2. The number of hydrogen-bond donors (Lipinski definition) is 1. The topological polar surface area (TPSA) is 81.8 Å². The molecule has 2 aromatic rings. The van der Waals surface area contributed by atoms with Crippen LogP contribution in [0, 0.1) is 10.1 Å². The van der Waals surface area contributed by atoms with Gasteiger partial charge in [-0.2, -0.15) is 0 Å². The van der Waals surface area contributed by atoms with Gasteiger partial charge in [0.05, 0.1) is 10.5 Å². The number of non-ortho nitro benzene ring substituents is 1. The predicted octanol–water partition coefficient (Wildman–Crippen LogP) is 3.02. The first-order valence-electron chi connectivity index (χ1n) is 5.84. The van der Waals surface area contributed by atoms with Gasteiger partial charge < -0.3 is 14.6 Å². The molecule has 2 aromatic carbocycles. The summed E-state index contributed by atoms with van der Waals surface area (Å²) >= 11 is 0. The van der Waals surface area contributed by atoms with Crippen molar-refractivity contribution in [2.24, 2.45) is 0 Å². The third-order valence-electron chi connectivity index (χ3n) is 2.68. The van der Waals surface area contributed by atoms with Crippen LogP contribution in [-0.4, -0.2) is 17.1 Å². The van der Waals surface area contributed by atoms with E-state index in [1.54, 1.807) is 24.3 Å². The first-order chi connectivity index (χ1) is 9.61. The Kier molecular flexibility index (Phi) is 4.29. The molecule has 104 valence electrons. The normalized spacial score (nSPS) is 11.9. The van der Waals surface area contributed by atoms with Crippen LogP contribution < -0.4 is 4.74 Å². The number of hydrogen-bond acceptors (Lipinski definition) is 5.